The number of carbonyl (C=O) groups excluding carboxylic acids is 6. The van der Waals surface area contributed by atoms with E-state index in [2.05, 4.69) is 59.1 Å². The molecular weight excluding hydrogens is 660 g/mol. The van der Waals surface area contributed by atoms with Crippen molar-refractivity contribution in [1.82, 2.24) is 31.5 Å². The number of benzene rings is 1. The highest BCUT2D eigenvalue weighted by molar-refractivity contribution is 6.38. The summed E-state index contributed by atoms with van der Waals surface area (Å²) in [4.78, 5) is 83.2. The molecule has 1 heterocycles. The maximum atomic E-state index is 14.5. The van der Waals surface area contributed by atoms with Crippen LogP contribution in [0.3, 0.4) is 0 Å². The molecule has 1 aromatic carbocycles. The van der Waals surface area contributed by atoms with Crippen LogP contribution in [-0.2, 0) is 36.8 Å². The van der Waals surface area contributed by atoms with Gasteiger partial charge in [-0.3, -0.25) is 24.0 Å². The fraction of sp³-hybridized carbons (Fsp3) is 0.650. The van der Waals surface area contributed by atoms with Crippen LogP contribution in [0.15, 0.2) is 36.9 Å². The van der Waals surface area contributed by atoms with Gasteiger partial charge in [-0.2, -0.15) is 0 Å². The van der Waals surface area contributed by atoms with E-state index >= 15 is 0 Å². The number of nitrogens with zero attached hydrogens (tertiary/aromatic N) is 1. The molecule has 6 atom stereocenters. The Balaban J connectivity index is 1.50. The maximum absolute atomic E-state index is 14.5. The number of piperidine rings is 1. The van der Waals surface area contributed by atoms with Gasteiger partial charge in [-0.05, 0) is 58.5 Å². The summed E-state index contributed by atoms with van der Waals surface area (Å²) in [6.45, 7) is 21.2. The highest BCUT2D eigenvalue weighted by Gasteiger charge is 2.70. The van der Waals surface area contributed by atoms with E-state index < -0.39 is 64.5 Å². The van der Waals surface area contributed by atoms with E-state index in [-0.39, 0.29) is 42.2 Å². The normalized spacial score (nSPS) is 22.2. The molecule has 0 spiro atoms. The molecule has 0 bridgehead atoms. The molecule has 286 valence electrons. The number of carbonyl (C=O) groups is 6. The van der Waals surface area contributed by atoms with Crippen LogP contribution in [0, 0.1) is 28.1 Å². The first-order valence-corrected chi connectivity index (χ1v) is 18.7. The quantitative estimate of drug-likeness (QED) is 0.146. The van der Waals surface area contributed by atoms with Gasteiger partial charge in [0.1, 0.15) is 18.1 Å². The minimum atomic E-state index is -1.05. The van der Waals surface area contributed by atoms with Crippen LogP contribution >= 0.6 is 0 Å². The largest absolute Gasteiger partial charge is 0.351 e. The van der Waals surface area contributed by atoms with Crippen LogP contribution in [0.25, 0.3) is 0 Å². The fourth-order valence-corrected chi connectivity index (χ4v) is 7.90. The average Bonchev–Trinajstić information content (AvgIpc) is 3.40. The zero-order valence-electron chi connectivity index (χ0n) is 32.5. The number of Topliss-reactive ketones (excluding diaryl/α,β-unsaturated/α-hetero) is 1. The van der Waals surface area contributed by atoms with Crippen molar-refractivity contribution >= 4 is 35.4 Å². The topological polar surface area (TPSA) is 166 Å². The van der Waals surface area contributed by atoms with E-state index in [1.807, 2.05) is 60.6 Å². The van der Waals surface area contributed by atoms with Crippen molar-refractivity contribution in [2.24, 2.45) is 28.1 Å². The number of unbranched alkanes of at least 4 members (excludes halogenated alkanes) is 1. The van der Waals surface area contributed by atoms with Crippen LogP contribution < -0.4 is 26.6 Å². The summed E-state index contributed by atoms with van der Waals surface area (Å²) in [6.07, 6.45) is 4.55. The van der Waals surface area contributed by atoms with Crippen LogP contribution in [-0.4, -0.2) is 83.6 Å². The first kappa shape index (κ1) is 40.5. The fourth-order valence-electron chi connectivity index (χ4n) is 7.90. The van der Waals surface area contributed by atoms with E-state index in [4.69, 9.17) is 0 Å². The number of nitrogens with one attached hydrogen (secondary N) is 5. The van der Waals surface area contributed by atoms with Crippen molar-refractivity contribution in [3.63, 3.8) is 0 Å². The molecule has 1 aromatic rings. The van der Waals surface area contributed by atoms with Gasteiger partial charge in [0, 0.05) is 19.1 Å². The molecule has 1 saturated carbocycles. The van der Waals surface area contributed by atoms with Gasteiger partial charge in [0.25, 0.3) is 5.91 Å². The molecule has 6 amide bonds. The molecule has 2 fully saturated rings. The van der Waals surface area contributed by atoms with Crippen molar-refractivity contribution in [3.8, 4) is 0 Å². The number of likely N-dealkylation sites (tertiary alicyclic amines) is 1. The smallest absolute Gasteiger partial charge is 0.316 e. The van der Waals surface area contributed by atoms with Crippen molar-refractivity contribution in [3.05, 3.63) is 48.0 Å². The molecule has 4 rings (SSSR count). The van der Waals surface area contributed by atoms with Gasteiger partial charge in [-0.25, -0.2) is 4.79 Å². The van der Waals surface area contributed by atoms with Crippen LogP contribution in [0.4, 0.5) is 4.79 Å². The van der Waals surface area contributed by atoms with Gasteiger partial charge in [0.2, 0.25) is 23.5 Å². The predicted octanol–water partition coefficient (Wildman–Crippen LogP) is 3.43. The van der Waals surface area contributed by atoms with Crippen LogP contribution in [0.1, 0.15) is 92.7 Å². The molecule has 2 aliphatic carbocycles. The van der Waals surface area contributed by atoms with Gasteiger partial charge in [-0.1, -0.05) is 105 Å². The van der Waals surface area contributed by atoms with Gasteiger partial charge in [0.05, 0.1) is 6.04 Å². The van der Waals surface area contributed by atoms with Crippen molar-refractivity contribution in [2.75, 3.05) is 13.1 Å². The molecule has 1 aliphatic heterocycles. The van der Waals surface area contributed by atoms with E-state index in [1.165, 1.54) is 22.1 Å². The Morgan fingerprint density at radius 2 is 1.50 bits per heavy atom. The van der Waals surface area contributed by atoms with E-state index in [0.717, 1.165) is 6.42 Å². The molecule has 1 unspecified atom stereocenters. The molecule has 12 nitrogen and oxygen atoms in total. The molecule has 5 N–H and O–H groups in total. The summed E-state index contributed by atoms with van der Waals surface area (Å²) in [5.74, 6) is -2.87. The Morgan fingerprint density at radius 3 is 2.04 bits per heavy atom. The standard InChI is InChI=1S/C40H60N6O6/c1-11-13-18-27(30(47)34(49)41-19-12-2)43-33(48)29-28-26(40(28,9)10)22-46(29)36(51)32(39(6,7)8)45-37(52)44-31(38(3,4)5)35(50)42-25-20-23-16-14-15-17-24(23)21-25/h12,14-17,25-29,31-32H,2,11,13,18-22H2,1,3-10H3,(H,41,49)(H,42,50)(H,43,48)(H2,44,45,52)/t26-,27?,28-,29-,31+,32+/m0/s1. The zero-order chi connectivity index (χ0) is 38.8. The van der Waals surface area contributed by atoms with Gasteiger partial charge < -0.3 is 31.5 Å². The molecule has 3 aliphatic rings. The van der Waals surface area contributed by atoms with Gasteiger partial charge in [0.15, 0.2) is 0 Å². The summed E-state index contributed by atoms with van der Waals surface area (Å²) >= 11 is 0. The van der Waals surface area contributed by atoms with Crippen LogP contribution in [0.5, 0.6) is 0 Å². The Kier molecular flexibility index (Phi) is 12.3. The van der Waals surface area contributed by atoms with E-state index in [9.17, 15) is 28.8 Å². The average molecular weight is 721 g/mol. The number of hydrogen-bond acceptors (Lipinski definition) is 6. The number of rotatable bonds is 14. The maximum Gasteiger partial charge on any atom is 0.316 e. The number of ketones is 1. The second-order valence-corrected chi connectivity index (χ2v) is 17.6. The van der Waals surface area contributed by atoms with E-state index in [1.54, 1.807) is 0 Å². The molecule has 52 heavy (non-hydrogen) atoms. The summed E-state index contributed by atoms with van der Waals surface area (Å²) < 4.78 is 0. The third kappa shape index (κ3) is 9.04. The van der Waals surface area contributed by atoms with Crippen LogP contribution in [0.2, 0.25) is 0 Å². The number of urea groups is 1. The molecule has 12 heteroatoms. The second-order valence-electron chi connectivity index (χ2n) is 17.6. The van der Waals surface area contributed by atoms with Crippen molar-refractivity contribution in [1.29, 1.82) is 0 Å². The third-order valence-electron chi connectivity index (χ3n) is 11.1. The predicted molar refractivity (Wildman–Crippen MR) is 200 cm³/mol. The SMILES string of the molecule is C=CCNC(=O)C(=O)C(CCCC)NC(=O)[C@@H]1[C@@H]2[C@H](CN1C(=O)[C@@H](NC(=O)N[C@H](C(=O)NC1Cc3ccccc3C1)C(C)(C)C)C(C)(C)C)C2(C)C. The number of hydrogen-bond donors (Lipinski definition) is 5. The first-order valence-electron chi connectivity index (χ1n) is 18.7. The highest BCUT2D eigenvalue weighted by Crippen LogP contribution is 2.65. The third-order valence-corrected chi connectivity index (χ3v) is 11.1. The first-order chi connectivity index (χ1) is 24.2. The van der Waals surface area contributed by atoms with E-state index in [0.29, 0.717) is 25.8 Å². The molecule has 0 aromatic heterocycles. The molecule has 1 saturated heterocycles. The number of fused-ring (bicyclic) bond motifs is 2. The Morgan fingerprint density at radius 1 is 0.923 bits per heavy atom. The van der Waals surface area contributed by atoms with Crippen molar-refractivity contribution in [2.45, 2.75) is 125 Å². The highest BCUT2D eigenvalue weighted by atomic mass is 16.2. The minimum Gasteiger partial charge on any atom is -0.351 e. The summed E-state index contributed by atoms with van der Waals surface area (Å²) in [7, 11) is 0. The Labute approximate surface area is 309 Å². The Bertz CT molecular complexity index is 1530. The molecular formula is C40H60N6O6. The monoisotopic (exact) mass is 720 g/mol. The summed E-state index contributed by atoms with van der Waals surface area (Å²) in [5.41, 5.74) is 0.774. The second kappa shape index (κ2) is 15.8. The summed E-state index contributed by atoms with van der Waals surface area (Å²) in [6, 6.07) is 3.46. The lowest BCUT2D eigenvalue weighted by molar-refractivity contribution is -0.145. The zero-order valence-corrected chi connectivity index (χ0v) is 32.5. The lowest BCUT2D eigenvalue weighted by Crippen LogP contribution is -2.63. The number of amides is 6. The van der Waals surface area contributed by atoms with Crippen molar-refractivity contribution < 1.29 is 28.8 Å². The lowest BCUT2D eigenvalue weighted by atomic mass is 9.84. The van der Waals surface area contributed by atoms with Gasteiger partial charge >= 0.3 is 6.03 Å². The lowest BCUT2D eigenvalue weighted by Gasteiger charge is -2.38. The minimum absolute atomic E-state index is 0.0537. The summed E-state index contributed by atoms with van der Waals surface area (Å²) in [5, 5.41) is 14.2. The Hall–Kier alpha value is -4.22. The molecule has 0 radical (unpaired) electrons. The van der Waals surface area contributed by atoms with Gasteiger partial charge in [-0.15, -0.1) is 6.58 Å².